The SMILES string of the molecule is NCCO.NCCO.O=P(O)(O)O. The van der Waals surface area contributed by atoms with E-state index < -0.39 is 7.82 Å². The maximum Gasteiger partial charge on any atom is 0.466 e. The van der Waals surface area contributed by atoms with Crippen LogP contribution in [0.5, 0.6) is 0 Å². The van der Waals surface area contributed by atoms with Gasteiger partial charge in [0.2, 0.25) is 0 Å². The number of nitrogens with two attached hydrogens (primary N) is 2. The van der Waals surface area contributed by atoms with Crippen molar-refractivity contribution in [2.75, 3.05) is 26.3 Å². The van der Waals surface area contributed by atoms with Crippen LogP contribution in [-0.2, 0) is 4.57 Å². The molecule has 0 heterocycles. The Kier molecular flexibility index (Phi) is 20.8. The molecule has 0 bridgehead atoms. The van der Waals surface area contributed by atoms with Crippen LogP contribution in [0.3, 0.4) is 0 Å². The summed E-state index contributed by atoms with van der Waals surface area (Å²) in [6, 6.07) is 0. The van der Waals surface area contributed by atoms with Crippen molar-refractivity contribution in [1.29, 1.82) is 0 Å². The van der Waals surface area contributed by atoms with Gasteiger partial charge in [0, 0.05) is 13.1 Å². The van der Waals surface area contributed by atoms with Crippen LogP contribution in [0, 0.1) is 0 Å². The van der Waals surface area contributed by atoms with Gasteiger partial charge < -0.3 is 36.4 Å². The van der Waals surface area contributed by atoms with E-state index in [1.807, 2.05) is 0 Å². The lowest BCUT2D eigenvalue weighted by Gasteiger charge is -1.82. The average Bonchev–Trinajstić information content (AvgIpc) is 2.01. The fourth-order valence-electron chi connectivity index (χ4n) is 0. The van der Waals surface area contributed by atoms with Crippen molar-refractivity contribution in [3.05, 3.63) is 0 Å². The molecule has 0 rings (SSSR count). The summed E-state index contributed by atoms with van der Waals surface area (Å²) >= 11 is 0. The van der Waals surface area contributed by atoms with Crippen LogP contribution in [-0.4, -0.2) is 51.2 Å². The molecule has 8 nitrogen and oxygen atoms in total. The second-order valence-corrected chi connectivity index (χ2v) is 2.56. The van der Waals surface area contributed by atoms with Gasteiger partial charge in [0.25, 0.3) is 0 Å². The van der Waals surface area contributed by atoms with Crippen LogP contribution in [0.1, 0.15) is 0 Å². The van der Waals surface area contributed by atoms with E-state index in [-0.39, 0.29) is 13.2 Å². The summed E-state index contributed by atoms with van der Waals surface area (Å²) in [6.07, 6.45) is 0. The first-order chi connectivity index (χ1) is 5.83. The highest BCUT2D eigenvalue weighted by Crippen LogP contribution is 2.25. The van der Waals surface area contributed by atoms with Gasteiger partial charge in [0.05, 0.1) is 13.2 Å². The standard InChI is InChI=1S/2C2H7NO.H3O4P/c2*3-1-2-4;1-5(2,3)4/h2*4H,1-3H2;(H3,1,2,3,4). The van der Waals surface area contributed by atoms with Crippen LogP contribution < -0.4 is 11.5 Å². The number of rotatable bonds is 2. The predicted octanol–water partition coefficient (Wildman–Crippen LogP) is -3.05. The molecule has 0 aliphatic heterocycles. The van der Waals surface area contributed by atoms with E-state index in [1.54, 1.807) is 0 Å². The lowest BCUT2D eigenvalue weighted by molar-refractivity contribution is 0.275. The van der Waals surface area contributed by atoms with Gasteiger partial charge in [-0.15, -0.1) is 0 Å². The normalized spacial score (nSPS) is 9.15. The van der Waals surface area contributed by atoms with E-state index in [9.17, 15) is 0 Å². The topological polar surface area (TPSA) is 170 Å². The predicted molar refractivity (Wildman–Crippen MR) is 46.5 cm³/mol. The quantitative estimate of drug-likeness (QED) is 0.240. The summed E-state index contributed by atoms with van der Waals surface area (Å²) in [5.74, 6) is 0. The molecule has 0 amide bonds. The molecule has 0 aromatic rings. The van der Waals surface area contributed by atoms with Crippen LogP contribution in [0.15, 0.2) is 0 Å². The smallest absolute Gasteiger partial charge is 0.395 e. The molecule has 0 unspecified atom stereocenters. The minimum absolute atomic E-state index is 0.0972. The van der Waals surface area contributed by atoms with Crippen LogP contribution >= 0.6 is 7.82 Å². The molecule has 9 heteroatoms. The van der Waals surface area contributed by atoms with Gasteiger partial charge in [0.1, 0.15) is 0 Å². The molecule has 0 saturated heterocycles. The van der Waals surface area contributed by atoms with Gasteiger partial charge >= 0.3 is 7.82 Å². The van der Waals surface area contributed by atoms with Gasteiger partial charge in [-0.25, -0.2) is 4.57 Å². The molecule has 0 radical (unpaired) electrons. The Morgan fingerprint density at radius 1 is 0.923 bits per heavy atom. The van der Waals surface area contributed by atoms with Crippen molar-refractivity contribution >= 4 is 7.82 Å². The summed E-state index contributed by atoms with van der Waals surface area (Å²) in [6.45, 7) is 0.944. The molecule has 0 atom stereocenters. The Labute approximate surface area is 76.0 Å². The molecule has 0 aliphatic rings. The highest BCUT2D eigenvalue weighted by Gasteiger charge is 2.00. The van der Waals surface area contributed by atoms with Crippen LogP contribution in [0.4, 0.5) is 0 Å². The van der Waals surface area contributed by atoms with Crippen LogP contribution in [0.2, 0.25) is 0 Å². The van der Waals surface area contributed by atoms with Crippen molar-refractivity contribution in [3.63, 3.8) is 0 Å². The lowest BCUT2D eigenvalue weighted by Crippen LogP contribution is -2.02. The van der Waals surface area contributed by atoms with E-state index in [2.05, 4.69) is 0 Å². The summed E-state index contributed by atoms with van der Waals surface area (Å²) < 4.78 is 8.88. The van der Waals surface area contributed by atoms with E-state index in [1.165, 1.54) is 0 Å². The highest BCUT2D eigenvalue weighted by molar-refractivity contribution is 7.45. The van der Waals surface area contributed by atoms with Crippen molar-refractivity contribution in [2.24, 2.45) is 11.5 Å². The van der Waals surface area contributed by atoms with Crippen molar-refractivity contribution in [3.8, 4) is 0 Å². The van der Waals surface area contributed by atoms with Crippen molar-refractivity contribution in [2.45, 2.75) is 0 Å². The highest BCUT2D eigenvalue weighted by atomic mass is 31.2. The monoisotopic (exact) mass is 220 g/mol. The van der Waals surface area contributed by atoms with E-state index >= 15 is 0 Å². The zero-order chi connectivity index (χ0) is 11.3. The van der Waals surface area contributed by atoms with Crippen molar-refractivity contribution < 1.29 is 29.5 Å². The van der Waals surface area contributed by atoms with Crippen LogP contribution in [0.25, 0.3) is 0 Å². The lowest BCUT2D eigenvalue weighted by atomic mass is 10.8. The van der Waals surface area contributed by atoms with Gasteiger partial charge in [-0.3, -0.25) is 0 Å². The Bertz CT molecular complexity index is 101. The summed E-state index contributed by atoms with van der Waals surface area (Å²) in [4.78, 5) is 21.6. The molecule has 13 heavy (non-hydrogen) atoms. The molecule has 0 aliphatic carbocycles. The number of hydrogen-bond donors (Lipinski definition) is 7. The number of hydrogen-bond acceptors (Lipinski definition) is 5. The minimum Gasteiger partial charge on any atom is -0.395 e. The first kappa shape index (κ1) is 18.7. The third-order valence-corrected chi connectivity index (χ3v) is 0.258. The Hall–Kier alpha value is -0.0500. The Morgan fingerprint density at radius 2 is 1.00 bits per heavy atom. The zero-order valence-corrected chi connectivity index (χ0v) is 7.97. The summed E-state index contributed by atoms with van der Waals surface area (Å²) in [5, 5.41) is 15.5. The minimum atomic E-state index is -4.64. The van der Waals surface area contributed by atoms with E-state index in [4.69, 9.17) is 40.9 Å². The second kappa shape index (κ2) is 14.5. The molecule has 9 N–H and O–H groups in total. The summed E-state index contributed by atoms with van der Waals surface area (Å²) in [5.41, 5.74) is 9.56. The molecular formula is C4H17N2O6P. The van der Waals surface area contributed by atoms with Gasteiger partial charge in [-0.1, -0.05) is 0 Å². The summed E-state index contributed by atoms with van der Waals surface area (Å²) in [7, 11) is -4.64. The number of aliphatic hydroxyl groups excluding tert-OH is 2. The van der Waals surface area contributed by atoms with Gasteiger partial charge in [-0.05, 0) is 0 Å². The maximum atomic E-state index is 8.88. The molecule has 0 spiro atoms. The van der Waals surface area contributed by atoms with E-state index in [0.29, 0.717) is 13.1 Å². The molecule has 0 fully saturated rings. The fraction of sp³-hybridized carbons (Fsp3) is 1.00. The molecule has 84 valence electrons. The van der Waals surface area contributed by atoms with Gasteiger partial charge in [-0.2, -0.15) is 0 Å². The second-order valence-electron chi connectivity index (χ2n) is 1.54. The molecule has 0 saturated carbocycles. The number of phosphoric acid groups is 1. The maximum absolute atomic E-state index is 8.88. The van der Waals surface area contributed by atoms with Crippen molar-refractivity contribution in [1.82, 2.24) is 0 Å². The Balaban J connectivity index is -0.000000117. The first-order valence-corrected chi connectivity index (χ1v) is 4.80. The fourth-order valence-corrected chi connectivity index (χ4v) is 0. The third kappa shape index (κ3) is 311. The van der Waals surface area contributed by atoms with Gasteiger partial charge in [0.15, 0.2) is 0 Å². The largest absolute Gasteiger partial charge is 0.466 e. The number of aliphatic hydroxyl groups is 2. The zero-order valence-electron chi connectivity index (χ0n) is 7.07. The molecular weight excluding hydrogens is 203 g/mol. The Morgan fingerprint density at radius 3 is 1.00 bits per heavy atom. The molecule has 0 aromatic carbocycles. The molecule has 0 aromatic heterocycles. The third-order valence-electron chi connectivity index (χ3n) is 0.258. The average molecular weight is 220 g/mol. The van der Waals surface area contributed by atoms with E-state index in [0.717, 1.165) is 0 Å². The first-order valence-electron chi connectivity index (χ1n) is 3.23.